The zero-order chi connectivity index (χ0) is 21.3. The summed E-state index contributed by atoms with van der Waals surface area (Å²) in [5.74, 6) is 0.414. The van der Waals surface area contributed by atoms with E-state index >= 15 is 0 Å². The molecule has 0 saturated carbocycles. The molecule has 0 aromatic heterocycles. The Balaban J connectivity index is 1.78. The largest absolute Gasteiger partial charge is 0.257 e. The van der Waals surface area contributed by atoms with Crippen molar-refractivity contribution in [2.45, 2.75) is 43.7 Å². The molecule has 5 rings (SSSR count). The highest BCUT2D eigenvalue weighted by Gasteiger charge is 2.46. The van der Waals surface area contributed by atoms with E-state index in [2.05, 4.69) is 114 Å². The molecule has 2 unspecified atom stereocenters. The molecule has 2 heterocycles. The lowest BCUT2D eigenvalue weighted by atomic mass is 9.71. The van der Waals surface area contributed by atoms with Crippen molar-refractivity contribution < 1.29 is 0 Å². The molecule has 0 spiro atoms. The summed E-state index contributed by atoms with van der Waals surface area (Å²) in [5.41, 5.74) is 19.9. The van der Waals surface area contributed by atoms with Crippen molar-refractivity contribution in [2.24, 2.45) is 0 Å². The fourth-order valence-corrected chi connectivity index (χ4v) is 5.16. The van der Waals surface area contributed by atoms with Crippen molar-refractivity contribution in [1.29, 1.82) is 0 Å². The molecule has 0 amide bonds. The minimum Gasteiger partial charge on any atom is -0.257 e. The van der Waals surface area contributed by atoms with Crippen LogP contribution in [0.3, 0.4) is 0 Å². The van der Waals surface area contributed by atoms with Gasteiger partial charge in [0.15, 0.2) is 0 Å². The monoisotopic (exact) mass is 411 g/mol. The van der Waals surface area contributed by atoms with E-state index in [1.807, 2.05) is 0 Å². The fourth-order valence-electron chi connectivity index (χ4n) is 5.16. The van der Waals surface area contributed by atoms with E-state index in [-0.39, 0.29) is 11.1 Å². The van der Waals surface area contributed by atoms with Gasteiger partial charge in [-0.2, -0.15) is 0 Å². The molecule has 0 bridgehead atoms. The van der Waals surface area contributed by atoms with Crippen LogP contribution in [0.5, 0.6) is 0 Å². The van der Waals surface area contributed by atoms with Crippen molar-refractivity contribution >= 4 is 0 Å². The lowest BCUT2D eigenvalue weighted by molar-refractivity contribution is 0.400. The van der Waals surface area contributed by atoms with Crippen LogP contribution in [-0.4, -0.2) is 13.1 Å². The highest BCUT2D eigenvalue weighted by molar-refractivity contribution is 5.52. The van der Waals surface area contributed by atoms with E-state index in [9.17, 15) is 0 Å². The van der Waals surface area contributed by atoms with E-state index in [1.165, 1.54) is 27.8 Å². The lowest BCUT2D eigenvalue weighted by Crippen LogP contribution is -2.48. The Hall–Kier alpha value is -2.50. The Morgan fingerprint density at radius 1 is 0.710 bits per heavy atom. The lowest BCUT2D eigenvalue weighted by Gasteiger charge is -2.39. The number of hydrogen-bond acceptors (Lipinski definition) is 4. The second-order valence-corrected chi connectivity index (χ2v) is 9.00. The summed E-state index contributed by atoms with van der Waals surface area (Å²) in [5, 5.41) is 0. The molecule has 2 aliphatic rings. The molecule has 2 fully saturated rings. The van der Waals surface area contributed by atoms with Crippen molar-refractivity contribution in [3.8, 4) is 0 Å². The Morgan fingerprint density at radius 3 is 1.77 bits per heavy atom. The van der Waals surface area contributed by atoms with Gasteiger partial charge in [0.05, 0.1) is 11.1 Å². The molecule has 3 aromatic rings. The maximum atomic E-state index is 3.89. The number of hydrazine groups is 2. The molecule has 2 atom stereocenters. The zero-order valence-electron chi connectivity index (χ0n) is 18.3. The smallest absolute Gasteiger partial charge is 0.0843 e. The standard InChI is InChI=1S/C27H31N4/c1-20(2)21-13-14-24(26(15-17-28-30-26)22-9-5-3-6-10-22)25(19-21)27(16-18-29-31-27)23-11-7-4-8-12-23/h3-14,20,28-31H,15-18H2,1-2H3. The van der Waals surface area contributed by atoms with Crippen LogP contribution in [0.15, 0.2) is 72.8 Å². The van der Waals surface area contributed by atoms with E-state index in [1.54, 1.807) is 0 Å². The Bertz CT molecular complexity index is 1020. The minimum absolute atomic E-state index is 0.297. The van der Waals surface area contributed by atoms with E-state index < -0.39 is 0 Å². The van der Waals surface area contributed by atoms with Crippen molar-refractivity contribution in [3.63, 3.8) is 0 Å². The molecular formula is C27H31N4. The van der Waals surface area contributed by atoms with Gasteiger partial charge in [-0.05, 0) is 52.6 Å². The highest BCUT2D eigenvalue weighted by Crippen LogP contribution is 2.44. The summed E-state index contributed by atoms with van der Waals surface area (Å²) in [6.45, 7) is 6.32. The van der Waals surface area contributed by atoms with Gasteiger partial charge in [0, 0.05) is 13.1 Å². The molecule has 4 N–H and O–H groups in total. The SMILES string of the molecule is CC(C)c1[c]c(C2(c3ccccc3)CCNN2)c(C2(c3ccccc3)CCNN2)cc1. The summed E-state index contributed by atoms with van der Waals surface area (Å²) >= 11 is 0. The molecule has 2 aliphatic heterocycles. The minimum atomic E-state index is -0.326. The first-order valence-electron chi connectivity index (χ1n) is 11.3. The molecule has 159 valence electrons. The first-order valence-corrected chi connectivity index (χ1v) is 11.3. The van der Waals surface area contributed by atoms with Gasteiger partial charge < -0.3 is 0 Å². The van der Waals surface area contributed by atoms with Crippen molar-refractivity contribution in [3.05, 3.63) is 107 Å². The number of benzene rings is 3. The third kappa shape index (κ3) is 3.40. The van der Waals surface area contributed by atoms with Crippen LogP contribution < -0.4 is 21.7 Å². The normalized spacial score (nSPS) is 25.9. The summed E-state index contributed by atoms with van der Waals surface area (Å²) in [4.78, 5) is 0. The van der Waals surface area contributed by atoms with Gasteiger partial charge in [-0.15, -0.1) is 0 Å². The van der Waals surface area contributed by atoms with Gasteiger partial charge in [0.2, 0.25) is 0 Å². The molecule has 4 nitrogen and oxygen atoms in total. The number of rotatable bonds is 5. The third-order valence-corrected chi connectivity index (χ3v) is 6.86. The van der Waals surface area contributed by atoms with Crippen molar-refractivity contribution in [1.82, 2.24) is 21.7 Å². The van der Waals surface area contributed by atoms with E-state index in [4.69, 9.17) is 0 Å². The van der Waals surface area contributed by atoms with Crippen LogP contribution in [0, 0.1) is 6.07 Å². The number of hydrogen-bond donors (Lipinski definition) is 4. The third-order valence-electron chi connectivity index (χ3n) is 6.86. The van der Waals surface area contributed by atoms with Gasteiger partial charge in [-0.3, -0.25) is 10.9 Å². The van der Waals surface area contributed by atoms with Gasteiger partial charge in [-0.1, -0.05) is 86.6 Å². The second kappa shape index (κ2) is 8.21. The molecule has 2 saturated heterocycles. The Labute approximate surface area is 185 Å². The molecule has 4 heteroatoms. The zero-order valence-corrected chi connectivity index (χ0v) is 18.3. The topological polar surface area (TPSA) is 48.1 Å². The van der Waals surface area contributed by atoms with E-state index in [0.29, 0.717) is 5.92 Å². The predicted octanol–water partition coefficient (Wildman–Crippen LogP) is 4.09. The van der Waals surface area contributed by atoms with E-state index in [0.717, 1.165) is 25.9 Å². The average molecular weight is 412 g/mol. The van der Waals surface area contributed by atoms with Crippen LogP contribution in [0.4, 0.5) is 0 Å². The molecule has 1 radical (unpaired) electrons. The fraction of sp³-hybridized carbons (Fsp3) is 0.333. The van der Waals surface area contributed by atoms with Gasteiger partial charge >= 0.3 is 0 Å². The number of nitrogens with one attached hydrogen (secondary N) is 4. The van der Waals surface area contributed by atoms with Crippen LogP contribution in [-0.2, 0) is 11.1 Å². The summed E-state index contributed by atoms with van der Waals surface area (Å²) in [6.07, 6.45) is 1.96. The Morgan fingerprint density at radius 2 is 1.26 bits per heavy atom. The van der Waals surface area contributed by atoms with Gasteiger partial charge in [-0.25, -0.2) is 10.9 Å². The summed E-state index contributed by atoms with van der Waals surface area (Å²) in [6, 6.07) is 30.1. The second-order valence-electron chi connectivity index (χ2n) is 9.00. The molecule has 0 aliphatic carbocycles. The van der Waals surface area contributed by atoms with Crippen LogP contribution >= 0.6 is 0 Å². The first kappa shape index (κ1) is 20.4. The predicted molar refractivity (Wildman–Crippen MR) is 125 cm³/mol. The van der Waals surface area contributed by atoms with Crippen LogP contribution in [0.2, 0.25) is 0 Å². The first-order chi connectivity index (χ1) is 15.2. The maximum absolute atomic E-state index is 3.89. The Kier molecular flexibility index (Phi) is 5.40. The van der Waals surface area contributed by atoms with Crippen molar-refractivity contribution in [2.75, 3.05) is 13.1 Å². The summed E-state index contributed by atoms with van der Waals surface area (Å²) in [7, 11) is 0. The van der Waals surface area contributed by atoms with Crippen LogP contribution in [0.1, 0.15) is 60.4 Å². The molecule has 31 heavy (non-hydrogen) atoms. The molecule has 3 aromatic carbocycles. The van der Waals surface area contributed by atoms with Gasteiger partial charge in [0.1, 0.15) is 0 Å². The average Bonchev–Trinajstić information content (AvgIpc) is 3.51. The van der Waals surface area contributed by atoms with Crippen LogP contribution in [0.25, 0.3) is 0 Å². The van der Waals surface area contributed by atoms with Gasteiger partial charge in [0.25, 0.3) is 0 Å². The quantitative estimate of drug-likeness (QED) is 0.511. The highest BCUT2D eigenvalue weighted by atomic mass is 15.4. The molecular weight excluding hydrogens is 380 g/mol. The maximum Gasteiger partial charge on any atom is 0.0843 e. The summed E-state index contributed by atoms with van der Waals surface area (Å²) < 4.78 is 0.